The lowest BCUT2D eigenvalue weighted by atomic mass is 10.2. The van der Waals surface area contributed by atoms with Crippen molar-refractivity contribution in [2.75, 3.05) is 25.2 Å². The van der Waals surface area contributed by atoms with Crippen molar-refractivity contribution in [3.8, 4) is 5.75 Å². The van der Waals surface area contributed by atoms with Gasteiger partial charge in [-0.3, -0.25) is 14.9 Å². The molecule has 0 spiro atoms. The van der Waals surface area contributed by atoms with E-state index in [1.165, 1.54) is 23.5 Å². The lowest BCUT2D eigenvalue weighted by Crippen LogP contribution is -2.24. The molecule has 28 heavy (non-hydrogen) atoms. The zero-order chi connectivity index (χ0) is 20.9. The second-order valence-corrected chi connectivity index (χ2v) is 8.35. The Kier molecular flexibility index (Phi) is 6.71. The predicted molar refractivity (Wildman–Crippen MR) is 105 cm³/mol. The molecule has 2 aromatic rings. The highest BCUT2D eigenvalue weighted by molar-refractivity contribution is 7.88. The van der Waals surface area contributed by atoms with Crippen molar-refractivity contribution in [1.82, 2.24) is 4.31 Å². The summed E-state index contributed by atoms with van der Waals surface area (Å²) in [7, 11) is -1.78. The summed E-state index contributed by atoms with van der Waals surface area (Å²) in [6.07, 6.45) is 1.13. The van der Waals surface area contributed by atoms with E-state index in [0.29, 0.717) is 17.0 Å². The number of benzene rings is 2. The Morgan fingerprint density at radius 1 is 1.21 bits per heavy atom. The van der Waals surface area contributed by atoms with Gasteiger partial charge in [0.2, 0.25) is 10.0 Å². The fourth-order valence-corrected chi connectivity index (χ4v) is 2.64. The number of carbonyl (C=O) groups is 1. The minimum absolute atomic E-state index is 0.114. The van der Waals surface area contributed by atoms with Crippen molar-refractivity contribution < 1.29 is 22.9 Å². The van der Waals surface area contributed by atoms with E-state index >= 15 is 0 Å². The lowest BCUT2D eigenvalue weighted by Gasteiger charge is -2.14. The van der Waals surface area contributed by atoms with Gasteiger partial charge in [0.1, 0.15) is 5.75 Å². The van der Waals surface area contributed by atoms with Crippen molar-refractivity contribution in [3.63, 3.8) is 0 Å². The van der Waals surface area contributed by atoms with E-state index in [1.54, 1.807) is 37.3 Å². The fourth-order valence-electron chi connectivity index (χ4n) is 2.26. The van der Waals surface area contributed by atoms with Gasteiger partial charge < -0.3 is 10.1 Å². The number of nitro groups is 1. The van der Waals surface area contributed by atoms with E-state index in [4.69, 9.17) is 4.74 Å². The number of anilines is 1. The van der Waals surface area contributed by atoms with E-state index in [0.717, 1.165) is 11.8 Å². The fraction of sp³-hybridized carbons (Fsp3) is 0.278. The van der Waals surface area contributed by atoms with Crippen LogP contribution >= 0.6 is 0 Å². The smallest absolute Gasteiger partial charge is 0.271 e. The Labute approximate surface area is 163 Å². The third-order valence-corrected chi connectivity index (χ3v) is 5.23. The first-order valence-electron chi connectivity index (χ1n) is 8.24. The van der Waals surface area contributed by atoms with Crippen LogP contribution in [0.15, 0.2) is 42.5 Å². The summed E-state index contributed by atoms with van der Waals surface area (Å²) < 4.78 is 29.5. The van der Waals surface area contributed by atoms with Gasteiger partial charge in [-0.05, 0) is 30.2 Å². The number of ether oxygens (including phenoxy) is 1. The molecule has 0 bridgehead atoms. The molecule has 150 valence electrons. The van der Waals surface area contributed by atoms with Gasteiger partial charge in [0.15, 0.2) is 6.61 Å². The molecule has 0 aromatic heterocycles. The zero-order valence-electron chi connectivity index (χ0n) is 15.7. The Bertz CT molecular complexity index is 973. The molecule has 0 aliphatic rings. The minimum atomic E-state index is -3.27. The summed E-state index contributed by atoms with van der Waals surface area (Å²) in [4.78, 5) is 22.4. The first-order chi connectivity index (χ1) is 13.1. The van der Waals surface area contributed by atoms with Gasteiger partial charge in [0.05, 0.1) is 16.9 Å². The Morgan fingerprint density at radius 3 is 2.43 bits per heavy atom. The maximum atomic E-state index is 12.1. The molecule has 0 heterocycles. The molecule has 1 N–H and O–H groups in total. The van der Waals surface area contributed by atoms with Crippen LogP contribution in [0.3, 0.4) is 0 Å². The Balaban J connectivity index is 1.93. The summed E-state index contributed by atoms with van der Waals surface area (Å²) in [6, 6.07) is 10.9. The van der Waals surface area contributed by atoms with Crippen LogP contribution in [-0.2, 0) is 21.4 Å². The van der Waals surface area contributed by atoms with Crippen molar-refractivity contribution in [1.29, 1.82) is 0 Å². The van der Waals surface area contributed by atoms with E-state index in [9.17, 15) is 23.3 Å². The van der Waals surface area contributed by atoms with E-state index in [-0.39, 0.29) is 18.8 Å². The number of amides is 1. The van der Waals surface area contributed by atoms with Gasteiger partial charge in [-0.15, -0.1) is 0 Å². The van der Waals surface area contributed by atoms with Gasteiger partial charge in [-0.1, -0.05) is 18.2 Å². The molecule has 0 saturated carbocycles. The molecule has 0 saturated heterocycles. The number of sulfonamides is 1. The Hall–Kier alpha value is -2.98. The molecule has 2 rings (SSSR count). The third kappa shape index (κ3) is 6.03. The molecule has 0 aliphatic carbocycles. The van der Waals surface area contributed by atoms with Crippen LogP contribution in [0, 0.1) is 17.0 Å². The highest BCUT2D eigenvalue weighted by Gasteiger charge is 2.13. The van der Waals surface area contributed by atoms with Gasteiger partial charge in [0, 0.05) is 25.7 Å². The van der Waals surface area contributed by atoms with Gasteiger partial charge in [-0.2, -0.15) is 0 Å². The van der Waals surface area contributed by atoms with Crippen LogP contribution in [0.4, 0.5) is 11.4 Å². The molecule has 10 heteroatoms. The molecule has 0 aliphatic heterocycles. The topological polar surface area (TPSA) is 119 Å². The predicted octanol–water partition coefficient (Wildman–Crippen LogP) is 2.31. The van der Waals surface area contributed by atoms with Crippen molar-refractivity contribution >= 4 is 27.3 Å². The molecule has 0 unspecified atom stereocenters. The van der Waals surface area contributed by atoms with Crippen LogP contribution in [0.2, 0.25) is 0 Å². The van der Waals surface area contributed by atoms with Crippen LogP contribution < -0.4 is 10.1 Å². The number of carbonyl (C=O) groups excluding carboxylic acids is 1. The summed E-state index contributed by atoms with van der Waals surface area (Å²) in [6.45, 7) is 1.68. The van der Waals surface area contributed by atoms with E-state index in [1.807, 2.05) is 0 Å². The van der Waals surface area contributed by atoms with Crippen molar-refractivity contribution in [2.45, 2.75) is 13.5 Å². The molecule has 2 aromatic carbocycles. The molecule has 9 nitrogen and oxygen atoms in total. The summed E-state index contributed by atoms with van der Waals surface area (Å²) in [5, 5.41) is 13.4. The molecule has 0 fully saturated rings. The maximum Gasteiger partial charge on any atom is 0.271 e. The van der Waals surface area contributed by atoms with E-state index in [2.05, 4.69) is 5.32 Å². The van der Waals surface area contributed by atoms with Gasteiger partial charge in [0.25, 0.3) is 11.6 Å². The molecule has 0 atom stereocenters. The summed E-state index contributed by atoms with van der Waals surface area (Å²) in [5.74, 6) is -0.0128. The number of non-ortho nitro benzene ring substituents is 1. The maximum absolute atomic E-state index is 12.1. The van der Waals surface area contributed by atoms with Gasteiger partial charge in [-0.25, -0.2) is 12.7 Å². The largest absolute Gasteiger partial charge is 0.484 e. The van der Waals surface area contributed by atoms with Crippen LogP contribution in [0.5, 0.6) is 5.75 Å². The summed E-state index contributed by atoms with van der Waals surface area (Å²) >= 11 is 0. The molecule has 0 radical (unpaired) electrons. The monoisotopic (exact) mass is 407 g/mol. The van der Waals surface area contributed by atoms with Crippen molar-refractivity contribution in [2.24, 2.45) is 0 Å². The number of nitro benzene ring substituents is 1. The van der Waals surface area contributed by atoms with Crippen LogP contribution in [-0.4, -0.2) is 43.5 Å². The number of nitrogens with one attached hydrogen (secondary N) is 1. The van der Waals surface area contributed by atoms with Crippen LogP contribution in [0.25, 0.3) is 0 Å². The number of hydrogen-bond donors (Lipinski definition) is 1. The normalized spacial score (nSPS) is 11.3. The highest BCUT2D eigenvalue weighted by Crippen LogP contribution is 2.22. The summed E-state index contributed by atoms with van der Waals surface area (Å²) in [5.41, 5.74) is 1.70. The highest BCUT2D eigenvalue weighted by atomic mass is 32.2. The Morgan fingerprint density at radius 2 is 1.86 bits per heavy atom. The minimum Gasteiger partial charge on any atom is -0.484 e. The standard InChI is InChI=1S/C18H21N3O6S/c1-13-4-7-15(21(23)24)10-17(13)19-18(22)12-27-16-8-5-14(6-9-16)11-20(2)28(3,25)26/h4-10H,11-12H2,1-3H3,(H,19,22). The zero-order valence-corrected chi connectivity index (χ0v) is 16.5. The number of rotatable bonds is 8. The second-order valence-electron chi connectivity index (χ2n) is 6.26. The third-order valence-electron chi connectivity index (χ3n) is 3.97. The SMILES string of the molecule is Cc1ccc([N+](=O)[O-])cc1NC(=O)COc1ccc(CN(C)S(C)(=O)=O)cc1. The van der Waals surface area contributed by atoms with E-state index < -0.39 is 20.9 Å². The molecule has 1 amide bonds. The lowest BCUT2D eigenvalue weighted by molar-refractivity contribution is -0.384. The molecular formula is C18H21N3O6S. The molecular weight excluding hydrogens is 386 g/mol. The quantitative estimate of drug-likeness (QED) is 0.530. The van der Waals surface area contributed by atoms with Crippen molar-refractivity contribution in [3.05, 3.63) is 63.7 Å². The average molecular weight is 407 g/mol. The van der Waals surface area contributed by atoms with Gasteiger partial charge >= 0.3 is 0 Å². The first kappa shape index (κ1) is 21.3. The number of nitrogens with zero attached hydrogens (tertiary/aromatic N) is 2. The second kappa shape index (κ2) is 8.81. The van der Waals surface area contributed by atoms with Crippen LogP contribution in [0.1, 0.15) is 11.1 Å². The first-order valence-corrected chi connectivity index (χ1v) is 10.1. The average Bonchev–Trinajstić information content (AvgIpc) is 2.62. The number of aryl methyl sites for hydroxylation is 1. The number of hydrogen-bond acceptors (Lipinski definition) is 6.